The minimum atomic E-state index is 0.654. The Morgan fingerprint density at radius 2 is 2.41 bits per heavy atom. The first-order chi connectivity index (χ1) is 8.20. The van der Waals surface area contributed by atoms with Crippen LogP contribution >= 0.6 is 11.3 Å². The van der Waals surface area contributed by atoms with Gasteiger partial charge in [-0.25, -0.2) is 4.98 Å². The first-order valence-electron chi connectivity index (χ1n) is 6.54. The van der Waals surface area contributed by atoms with Crippen LogP contribution in [-0.2, 0) is 6.54 Å². The molecule has 0 aliphatic carbocycles. The van der Waals surface area contributed by atoms with Gasteiger partial charge in [0.05, 0.1) is 5.01 Å². The summed E-state index contributed by atoms with van der Waals surface area (Å²) in [5, 5.41) is 4.52. The molecular formula is C13H23N3S. The van der Waals surface area contributed by atoms with Crippen LogP contribution in [0.1, 0.15) is 42.5 Å². The largest absolute Gasteiger partial charge is 0.315 e. The number of thiazole rings is 1. The third-order valence-electron chi connectivity index (χ3n) is 3.45. The summed E-state index contributed by atoms with van der Waals surface area (Å²) in [6, 6.07) is 0.662. The average Bonchev–Trinajstić information content (AvgIpc) is 2.78. The third kappa shape index (κ3) is 3.27. The van der Waals surface area contributed by atoms with E-state index in [1.165, 1.54) is 35.8 Å². The molecule has 0 saturated carbocycles. The second kappa shape index (κ2) is 5.94. The van der Waals surface area contributed by atoms with E-state index in [1.54, 1.807) is 0 Å². The van der Waals surface area contributed by atoms with E-state index in [0.29, 0.717) is 12.0 Å². The third-order valence-corrected chi connectivity index (χ3v) is 4.61. The van der Waals surface area contributed by atoms with Gasteiger partial charge in [-0.3, -0.25) is 0 Å². The van der Waals surface area contributed by atoms with Crippen molar-refractivity contribution in [3.05, 3.63) is 16.1 Å². The summed E-state index contributed by atoms with van der Waals surface area (Å²) < 4.78 is 0. The molecule has 2 rings (SSSR count). The minimum Gasteiger partial charge on any atom is -0.315 e. The number of hydrogen-bond acceptors (Lipinski definition) is 4. The van der Waals surface area contributed by atoms with Gasteiger partial charge in [0.15, 0.2) is 0 Å². The highest BCUT2D eigenvalue weighted by molar-refractivity contribution is 7.11. The number of hydrogen-bond donors (Lipinski definition) is 1. The van der Waals surface area contributed by atoms with Gasteiger partial charge in [-0.15, -0.1) is 11.3 Å². The highest BCUT2D eigenvalue weighted by Gasteiger charge is 2.24. The van der Waals surface area contributed by atoms with E-state index in [-0.39, 0.29) is 0 Å². The van der Waals surface area contributed by atoms with Gasteiger partial charge in [0.25, 0.3) is 0 Å². The molecule has 3 nitrogen and oxygen atoms in total. The van der Waals surface area contributed by atoms with E-state index in [1.807, 2.05) is 24.6 Å². The summed E-state index contributed by atoms with van der Waals surface area (Å²) in [7, 11) is 1.99. The molecule has 2 heterocycles. The van der Waals surface area contributed by atoms with Crippen molar-refractivity contribution in [2.24, 2.45) is 0 Å². The molecule has 1 atom stereocenters. The number of nitrogens with one attached hydrogen (secondary N) is 1. The maximum absolute atomic E-state index is 4.60. The summed E-state index contributed by atoms with van der Waals surface area (Å²) in [5.41, 5.74) is 0. The first kappa shape index (κ1) is 13.0. The van der Waals surface area contributed by atoms with Crippen LogP contribution in [0, 0.1) is 0 Å². The van der Waals surface area contributed by atoms with Crippen molar-refractivity contribution in [1.82, 2.24) is 15.2 Å². The van der Waals surface area contributed by atoms with Gasteiger partial charge in [0.2, 0.25) is 0 Å². The Balaban J connectivity index is 2.00. The topological polar surface area (TPSA) is 28.2 Å². The van der Waals surface area contributed by atoms with E-state index in [0.717, 1.165) is 6.54 Å². The van der Waals surface area contributed by atoms with Crippen molar-refractivity contribution >= 4 is 11.3 Å². The van der Waals surface area contributed by atoms with Crippen LogP contribution in [0.25, 0.3) is 0 Å². The van der Waals surface area contributed by atoms with Crippen molar-refractivity contribution in [2.45, 2.75) is 45.2 Å². The van der Waals surface area contributed by atoms with Crippen molar-refractivity contribution in [1.29, 1.82) is 0 Å². The van der Waals surface area contributed by atoms with E-state index in [4.69, 9.17) is 0 Å². The zero-order chi connectivity index (χ0) is 12.3. The van der Waals surface area contributed by atoms with Crippen LogP contribution in [0.3, 0.4) is 0 Å². The smallest absolute Gasteiger partial charge is 0.0971 e. The second-order valence-electron chi connectivity index (χ2n) is 5.12. The maximum Gasteiger partial charge on any atom is 0.0971 e. The lowest BCUT2D eigenvalue weighted by atomic mass is 9.98. The molecule has 4 heteroatoms. The Morgan fingerprint density at radius 1 is 1.59 bits per heavy atom. The van der Waals surface area contributed by atoms with Gasteiger partial charge in [-0.2, -0.15) is 0 Å². The predicted molar refractivity (Wildman–Crippen MR) is 73.6 cm³/mol. The highest BCUT2D eigenvalue weighted by atomic mass is 32.1. The lowest BCUT2D eigenvalue weighted by Crippen LogP contribution is -2.39. The molecule has 1 aliphatic heterocycles. The fourth-order valence-electron chi connectivity index (χ4n) is 2.44. The fourth-order valence-corrected chi connectivity index (χ4v) is 3.50. The summed E-state index contributed by atoms with van der Waals surface area (Å²) in [4.78, 5) is 8.53. The number of likely N-dealkylation sites (tertiary alicyclic amines) is 1. The highest BCUT2D eigenvalue weighted by Crippen LogP contribution is 2.30. The Bertz CT molecular complexity index is 348. The summed E-state index contributed by atoms with van der Waals surface area (Å²) in [6.07, 6.45) is 4.64. The molecule has 0 radical (unpaired) electrons. The lowest BCUT2D eigenvalue weighted by molar-refractivity contribution is 0.167. The molecule has 1 aromatic rings. The van der Waals surface area contributed by atoms with E-state index in [9.17, 15) is 0 Å². The summed E-state index contributed by atoms with van der Waals surface area (Å²) in [6.45, 7) is 7.96. The lowest BCUT2D eigenvalue weighted by Gasteiger charge is -2.34. The molecule has 1 N–H and O–H groups in total. The van der Waals surface area contributed by atoms with E-state index in [2.05, 4.69) is 29.0 Å². The van der Waals surface area contributed by atoms with E-state index < -0.39 is 0 Å². The molecule has 96 valence electrons. The number of piperidine rings is 1. The first-order valence-corrected chi connectivity index (χ1v) is 7.35. The Morgan fingerprint density at radius 3 is 3.12 bits per heavy atom. The zero-order valence-electron chi connectivity index (χ0n) is 11.1. The Labute approximate surface area is 108 Å². The quantitative estimate of drug-likeness (QED) is 0.893. The van der Waals surface area contributed by atoms with Gasteiger partial charge < -0.3 is 10.2 Å². The molecule has 1 saturated heterocycles. The molecule has 0 spiro atoms. The van der Waals surface area contributed by atoms with Crippen molar-refractivity contribution in [3.8, 4) is 0 Å². The second-order valence-corrected chi connectivity index (χ2v) is 6.27. The predicted octanol–water partition coefficient (Wildman–Crippen LogP) is 2.45. The summed E-state index contributed by atoms with van der Waals surface area (Å²) >= 11 is 1.88. The van der Waals surface area contributed by atoms with Crippen molar-refractivity contribution < 1.29 is 0 Å². The van der Waals surface area contributed by atoms with Crippen LogP contribution in [0.4, 0.5) is 0 Å². The van der Waals surface area contributed by atoms with Gasteiger partial charge in [0, 0.05) is 36.1 Å². The number of nitrogens with zero attached hydrogens (tertiary/aromatic N) is 2. The average molecular weight is 253 g/mol. The number of rotatable bonds is 4. The molecule has 1 fully saturated rings. The molecule has 1 unspecified atom stereocenters. The van der Waals surface area contributed by atoms with Crippen LogP contribution in [0.2, 0.25) is 0 Å². The minimum absolute atomic E-state index is 0.654. The Kier molecular flexibility index (Phi) is 4.54. The molecule has 0 aromatic carbocycles. The van der Waals surface area contributed by atoms with Crippen LogP contribution in [0.15, 0.2) is 6.20 Å². The monoisotopic (exact) mass is 253 g/mol. The van der Waals surface area contributed by atoms with Crippen LogP contribution in [-0.4, -0.2) is 36.1 Å². The SMILES string of the molecule is CNCc1cnc(C2CCCN(C(C)C)C2)s1. The molecular weight excluding hydrogens is 230 g/mol. The number of aromatic nitrogens is 1. The normalized spacial score (nSPS) is 22.2. The standard InChI is InChI=1S/C13H23N3S/c1-10(2)16-6-4-5-11(9-16)13-15-8-12(17-13)7-14-3/h8,10-11,14H,4-7,9H2,1-3H3. The van der Waals surface area contributed by atoms with Gasteiger partial charge in [0.1, 0.15) is 0 Å². The zero-order valence-corrected chi connectivity index (χ0v) is 11.9. The maximum atomic E-state index is 4.60. The van der Waals surface area contributed by atoms with Crippen LogP contribution in [0.5, 0.6) is 0 Å². The molecule has 0 bridgehead atoms. The van der Waals surface area contributed by atoms with Crippen molar-refractivity contribution in [2.75, 3.05) is 20.1 Å². The summed E-state index contributed by atoms with van der Waals surface area (Å²) in [5.74, 6) is 0.654. The van der Waals surface area contributed by atoms with Gasteiger partial charge in [-0.05, 0) is 40.3 Å². The van der Waals surface area contributed by atoms with E-state index >= 15 is 0 Å². The van der Waals surface area contributed by atoms with Gasteiger partial charge >= 0.3 is 0 Å². The molecule has 17 heavy (non-hydrogen) atoms. The van der Waals surface area contributed by atoms with Crippen LogP contribution < -0.4 is 5.32 Å². The molecule has 1 aliphatic rings. The Hall–Kier alpha value is -0.450. The molecule has 0 amide bonds. The fraction of sp³-hybridized carbons (Fsp3) is 0.769. The van der Waals surface area contributed by atoms with Gasteiger partial charge in [-0.1, -0.05) is 0 Å². The van der Waals surface area contributed by atoms with Crippen molar-refractivity contribution in [3.63, 3.8) is 0 Å². The molecule has 1 aromatic heterocycles.